The molecule has 1 N–H and O–H groups in total. The first-order chi connectivity index (χ1) is 9.37. The van der Waals surface area contributed by atoms with E-state index in [1.165, 1.54) is 4.90 Å². The molecule has 1 aromatic rings. The first-order valence-corrected chi connectivity index (χ1v) is 6.85. The van der Waals surface area contributed by atoms with Crippen LogP contribution in [0.15, 0.2) is 12.3 Å². The minimum Gasteiger partial charge on any atom is -0.363 e. The van der Waals surface area contributed by atoms with Crippen LogP contribution in [0.5, 0.6) is 0 Å². The SMILES string of the molecule is CCCNCc1cnc(C)cc1N(CC)CC(F)(F)F. The number of nitrogens with zero attached hydrogens (tertiary/aromatic N) is 2. The predicted molar refractivity (Wildman–Crippen MR) is 74.9 cm³/mol. The van der Waals surface area contributed by atoms with Gasteiger partial charge in [0.25, 0.3) is 0 Å². The Morgan fingerprint density at radius 1 is 1.30 bits per heavy atom. The summed E-state index contributed by atoms with van der Waals surface area (Å²) in [6.45, 7) is 6.29. The van der Waals surface area contributed by atoms with Gasteiger partial charge in [-0.15, -0.1) is 0 Å². The summed E-state index contributed by atoms with van der Waals surface area (Å²) >= 11 is 0. The topological polar surface area (TPSA) is 28.2 Å². The maximum absolute atomic E-state index is 12.6. The van der Waals surface area contributed by atoms with Gasteiger partial charge in [0.2, 0.25) is 0 Å². The molecule has 0 saturated heterocycles. The lowest BCUT2D eigenvalue weighted by molar-refractivity contribution is -0.119. The average molecular weight is 289 g/mol. The molecule has 114 valence electrons. The number of hydrogen-bond donors (Lipinski definition) is 1. The normalized spacial score (nSPS) is 11.7. The molecule has 0 aliphatic rings. The molecule has 1 rings (SSSR count). The maximum atomic E-state index is 12.6. The fourth-order valence-corrected chi connectivity index (χ4v) is 1.99. The van der Waals surface area contributed by atoms with Gasteiger partial charge in [-0.2, -0.15) is 13.2 Å². The molecule has 0 fully saturated rings. The van der Waals surface area contributed by atoms with Crippen molar-refractivity contribution in [1.82, 2.24) is 10.3 Å². The summed E-state index contributed by atoms with van der Waals surface area (Å²) in [6.07, 6.45) is -1.57. The summed E-state index contributed by atoms with van der Waals surface area (Å²) in [5.74, 6) is 0. The van der Waals surface area contributed by atoms with Crippen LogP contribution in [0.4, 0.5) is 18.9 Å². The Morgan fingerprint density at radius 2 is 2.00 bits per heavy atom. The number of rotatable bonds is 7. The van der Waals surface area contributed by atoms with Crippen LogP contribution in [0.2, 0.25) is 0 Å². The summed E-state index contributed by atoms with van der Waals surface area (Å²) in [7, 11) is 0. The Labute approximate surface area is 118 Å². The molecule has 3 nitrogen and oxygen atoms in total. The second kappa shape index (κ2) is 7.47. The van der Waals surface area contributed by atoms with E-state index in [4.69, 9.17) is 0 Å². The van der Waals surface area contributed by atoms with Gasteiger partial charge in [0.1, 0.15) is 6.54 Å². The van der Waals surface area contributed by atoms with Crippen molar-refractivity contribution < 1.29 is 13.2 Å². The lowest BCUT2D eigenvalue weighted by Crippen LogP contribution is -2.35. The molecule has 0 saturated carbocycles. The van der Waals surface area contributed by atoms with Crippen molar-refractivity contribution in [3.63, 3.8) is 0 Å². The lowest BCUT2D eigenvalue weighted by atomic mass is 10.1. The fraction of sp³-hybridized carbons (Fsp3) is 0.643. The first-order valence-electron chi connectivity index (χ1n) is 6.85. The van der Waals surface area contributed by atoms with Crippen molar-refractivity contribution in [3.8, 4) is 0 Å². The van der Waals surface area contributed by atoms with E-state index in [1.54, 1.807) is 26.1 Å². The van der Waals surface area contributed by atoms with Crippen LogP contribution in [-0.4, -0.2) is 30.8 Å². The quantitative estimate of drug-likeness (QED) is 0.781. The van der Waals surface area contributed by atoms with E-state index in [2.05, 4.69) is 10.3 Å². The van der Waals surface area contributed by atoms with Gasteiger partial charge in [-0.1, -0.05) is 6.92 Å². The number of hydrogen-bond acceptors (Lipinski definition) is 3. The summed E-state index contributed by atoms with van der Waals surface area (Å²) in [6, 6.07) is 1.72. The highest BCUT2D eigenvalue weighted by Gasteiger charge is 2.31. The molecular weight excluding hydrogens is 267 g/mol. The zero-order valence-electron chi connectivity index (χ0n) is 12.2. The van der Waals surface area contributed by atoms with E-state index in [9.17, 15) is 13.2 Å². The van der Waals surface area contributed by atoms with Gasteiger partial charge in [-0.3, -0.25) is 4.98 Å². The van der Waals surface area contributed by atoms with Crippen LogP contribution < -0.4 is 10.2 Å². The molecular formula is C14H22F3N3. The zero-order valence-corrected chi connectivity index (χ0v) is 12.2. The number of pyridine rings is 1. The average Bonchev–Trinajstić information content (AvgIpc) is 2.37. The van der Waals surface area contributed by atoms with Crippen molar-refractivity contribution in [2.45, 2.75) is 39.9 Å². The largest absolute Gasteiger partial charge is 0.405 e. The van der Waals surface area contributed by atoms with Crippen molar-refractivity contribution >= 4 is 5.69 Å². The molecule has 0 aliphatic heterocycles. The van der Waals surface area contributed by atoms with Gasteiger partial charge in [-0.25, -0.2) is 0 Å². The number of halogens is 3. The molecule has 1 heterocycles. The third-order valence-electron chi connectivity index (χ3n) is 2.93. The molecule has 0 spiro atoms. The summed E-state index contributed by atoms with van der Waals surface area (Å²) in [5.41, 5.74) is 2.14. The van der Waals surface area contributed by atoms with Crippen LogP contribution in [-0.2, 0) is 6.54 Å². The molecule has 0 radical (unpaired) electrons. The predicted octanol–water partition coefficient (Wildman–Crippen LogP) is 3.28. The monoisotopic (exact) mass is 289 g/mol. The Kier molecular flexibility index (Phi) is 6.26. The van der Waals surface area contributed by atoms with Gasteiger partial charge >= 0.3 is 6.18 Å². The maximum Gasteiger partial charge on any atom is 0.405 e. The van der Waals surface area contributed by atoms with Crippen molar-refractivity contribution in [2.24, 2.45) is 0 Å². The summed E-state index contributed by atoms with van der Waals surface area (Å²) in [4.78, 5) is 5.53. The smallest absolute Gasteiger partial charge is 0.363 e. The van der Waals surface area contributed by atoms with E-state index in [1.807, 2.05) is 6.92 Å². The van der Waals surface area contributed by atoms with Crippen LogP contribution in [0.25, 0.3) is 0 Å². The first kappa shape index (κ1) is 16.8. The number of aromatic nitrogens is 1. The molecule has 0 aliphatic carbocycles. The highest BCUT2D eigenvalue weighted by atomic mass is 19.4. The van der Waals surface area contributed by atoms with E-state index in [0.717, 1.165) is 24.2 Å². The minimum absolute atomic E-state index is 0.309. The minimum atomic E-state index is -4.21. The van der Waals surface area contributed by atoms with Gasteiger partial charge in [0, 0.05) is 36.2 Å². The van der Waals surface area contributed by atoms with Crippen LogP contribution in [0.1, 0.15) is 31.5 Å². The number of alkyl halides is 3. The van der Waals surface area contributed by atoms with E-state index < -0.39 is 12.7 Å². The highest BCUT2D eigenvalue weighted by molar-refractivity contribution is 5.53. The Hall–Kier alpha value is -1.30. The zero-order chi connectivity index (χ0) is 15.2. The number of anilines is 1. The van der Waals surface area contributed by atoms with Gasteiger partial charge in [-0.05, 0) is 32.9 Å². The molecule has 0 bridgehead atoms. The fourth-order valence-electron chi connectivity index (χ4n) is 1.99. The molecule has 0 unspecified atom stereocenters. The summed E-state index contributed by atoms with van der Waals surface area (Å²) < 4.78 is 37.9. The molecule has 20 heavy (non-hydrogen) atoms. The Morgan fingerprint density at radius 3 is 2.55 bits per heavy atom. The van der Waals surface area contributed by atoms with Crippen LogP contribution >= 0.6 is 0 Å². The Balaban J connectivity index is 2.96. The second-order valence-electron chi connectivity index (χ2n) is 4.76. The van der Waals surface area contributed by atoms with E-state index in [-0.39, 0.29) is 0 Å². The van der Waals surface area contributed by atoms with Crippen LogP contribution in [0.3, 0.4) is 0 Å². The Bertz CT molecular complexity index is 419. The highest BCUT2D eigenvalue weighted by Crippen LogP contribution is 2.25. The third kappa shape index (κ3) is 5.36. The summed E-state index contributed by atoms with van der Waals surface area (Å²) in [5, 5.41) is 3.21. The van der Waals surface area contributed by atoms with Gasteiger partial charge in [0.05, 0.1) is 0 Å². The molecule has 0 atom stereocenters. The molecule has 0 amide bonds. The standard InChI is InChI=1S/C14H22F3N3/c1-4-6-18-8-12-9-19-11(3)7-13(12)20(5-2)10-14(15,16)17/h7,9,18H,4-6,8,10H2,1-3H3. The number of aryl methyl sites for hydroxylation is 1. The van der Waals surface area contributed by atoms with E-state index >= 15 is 0 Å². The number of nitrogens with one attached hydrogen (secondary N) is 1. The van der Waals surface area contributed by atoms with Gasteiger partial charge < -0.3 is 10.2 Å². The van der Waals surface area contributed by atoms with Crippen molar-refractivity contribution in [1.29, 1.82) is 0 Å². The van der Waals surface area contributed by atoms with Crippen molar-refractivity contribution in [2.75, 3.05) is 24.5 Å². The van der Waals surface area contributed by atoms with Gasteiger partial charge in [0.15, 0.2) is 0 Å². The molecule has 0 aromatic carbocycles. The third-order valence-corrected chi connectivity index (χ3v) is 2.93. The van der Waals surface area contributed by atoms with E-state index in [0.29, 0.717) is 18.8 Å². The lowest BCUT2D eigenvalue weighted by Gasteiger charge is -2.27. The second-order valence-corrected chi connectivity index (χ2v) is 4.76. The van der Waals surface area contributed by atoms with Crippen molar-refractivity contribution in [3.05, 3.63) is 23.5 Å². The molecule has 6 heteroatoms. The molecule has 1 aromatic heterocycles. The van der Waals surface area contributed by atoms with Crippen LogP contribution in [0, 0.1) is 6.92 Å².